The fraction of sp³-hybridized carbons (Fsp3) is 0.600. The number of nitrogens with zero attached hydrogens (tertiary/aromatic N) is 4. The highest BCUT2D eigenvalue weighted by atomic mass is 32.1. The summed E-state index contributed by atoms with van der Waals surface area (Å²) in [7, 11) is 2.01. The molecule has 7 heteroatoms. The Hall–Kier alpha value is -1.28. The number of rotatable bonds is 6. The van der Waals surface area contributed by atoms with Gasteiger partial charge in [0.15, 0.2) is 0 Å². The topological polar surface area (TPSA) is 72.7 Å². The summed E-state index contributed by atoms with van der Waals surface area (Å²) in [6.45, 7) is 3.58. The molecular formula is C15H22N4O2S. The van der Waals surface area contributed by atoms with Crippen molar-refractivity contribution in [3.8, 4) is 0 Å². The number of hydrogen-bond donors (Lipinski definition) is 2. The third-order valence-electron chi connectivity index (χ3n) is 4.38. The molecule has 1 aliphatic heterocycles. The molecule has 3 heterocycles. The first-order valence-electron chi connectivity index (χ1n) is 7.56. The number of fused-ring (bicyclic) bond motifs is 1. The summed E-state index contributed by atoms with van der Waals surface area (Å²) in [4.78, 5) is 14.2. The zero-order valence-corrected chi connectivity index (χ0v) is 13.5. The SMILES string of the molecule is CN(CCO)C[C@@H]1CN(c2ncnc3sccc23)C[C@@H]1CO. The van der Waals surface area contributed by atoms with Crippen molar-refractivity contribution in [3.05, 3.63) is 17.8 Å². The Morgan fingerprint density at radius 3 is 2.91 bits per heavy atom. The lowest BCUT2D eigenvalue weighted by atomic mass is 9.96. The van der Waals surface area contributed by atoms with Crippen LogP contribution in [0.1, 0.15) is 0 Å². The van der Waals surface area contributed by atoms with Gasteiger partial charge in [-0.25, -0.2) is 9.97 Å². The molecule has 0 aromatic carbocycles. The van der Waals surface area contributed by atoms with Crippen molar-refractivity contribution in [3.63, 3.8) is 0 Å². The van der Waals surface area contributed by atoms with Crippen LogP contribution in [0.25, 0.3) is 10.2 Å². The normalized spacial score (nSPS) is 22.1. The quantitative estimate of drug-likeness (QED) is 0.814. The second-order valence-corrected chi connectivity index (χ2v) is 6.82. The number of aromatic nitrogens is 2. The molecule has 2 aromatic rings. The largest absolute Gasteiger partial charge is 0.396 e. The minimum atomic E-state index is 0.165. The van der Waals surface area contributed by atoms with Gasteiger partial charge in [0, 0.05) is 38.7 Å². The van der Waals surface area contributed by atoms with Crippen molar-refractivity contribution in [1.82, 2.24) is 14.9 Å². The molecule has 0 aliphatic carbocycles. The van der Waals surface area contributed by atoms with E-state index in [2.05, 4.69) is 25.8 Å². The van der Waals surface area contributed by atoms with Crippen molar-refractivity contribution in [1.29, 1.82) is 0 Å². The Bertz CT molecular complexity index is 620. The molecule has 3 rings (SSSR count). The van der Waals surface area contributed by atoms with Gasteiger partial charge in [0.1, 0.15) is 17.0 Å². The minimum Gasteiger partial charge on any atom is -0.396 e. The van der Waals surface area contributed by atoms with Crippen molar-refractivity contribution in [2.45, 2.75) is 0 Å². The third-order valence-corrected chi connectivity index (χ3v) is 5.20. The van der Waals surface area contributed by atoms with E-state index in [-0.39, 0.29) is 19.1 Å². The van der Waals surface area contributed by atoms with Gasteiger partial charge in [0.25, 0.3) is 0 Å². The number of aliphatic hydroxyl groups excluding tert-OH is 2. The number of likely N-dealkylation sites (N-methyl/N-ethyl adjacent to an activating group) is 1. The molecule has 2 aromatic heterocycles. The van der Waals surface area contributed by atoms with Crippen LogP contribution in [0.15, 0.2) is 17.8 Å². The molecule has 0 spiro atoms. The Balaban J connectivity index is 1.77. The van der Waals surface area contributed by atoms with E-state index in [0.717, 1.165) is 35.7 Å². The first kappa shape index (κ1) is 15.6. The molecular weight excluding hydrogens is 300 g/mol. The van der Waals surface area contributed by atoms with Crippen LogP contribution in [0, 0.1) is 11.8 Å². The molecule has 0 bridgehead atoms. The van der Waals surface area contributed by atoms with Crippen LogP contribution in [0.4, 0.5) is 5.82 Å². The Labute approximate surface area is 134 Å². The van der Waals surface area contributed by atoms with Crippen LogP contribution < -0.4 is 4.90 Å². The van der Waals surface area contributed by atoms with Gasteiger partial charge in [0.2, 0.25) is 0 Å². The van der Waals surface area contributed by atoms with Crippen LogP contribution in [0.3, 0.4) is 0 Å². The number of aliphatic hydroxyl groups is 2. The van der Waals surface area contributed by atoms with Crippen LogP contribution >= 0.6 is 11.3 Å². The number of hydrogen-bond acceptors (Lipinski definition) is 7. The van der Waals surface area contributed by atoms with Gasteiger partial charge in [-0.2, -0.15) is 0 Å². The molecule has 0 saturated carbocycles. The van der Waals surface area contributed by atoms with E-state index >= 15 is 0 Å². The van der Waals surface area contributed by atoms with E-state index < -0.39 is 0 Å². The van der Waals surface area contributed by atoms with Crippen LogP contribution in [0.2, 0.25) is 0 Å². The predicted molar refractivity (Wildman–Crippen MR) is 88.3 cm³/mol. The lowest BCUT2D eigenvalue weighted by Gasteiger charge is -2.23. The Morgan fingerprint density at radius 1 is 1.32 bits per heavy atom. The average molecular weight is 322 g/mol. The van der Waals surface area contributed by atoms with E-state index in [9.17, 15) is 5.11 Å². The summed E-state index contributed by atoms with van der Waals surface area (Å²) in [5.41, 5.74) is 0. The van der Waals surface area contributed by atoms with Crippen molar-refractivity contribution in [2.75, 3.05) is 51.3 Å². The third kappa shape index (κ3) is 3.08. The molecule has 1 aliphatic rings. The van der Waals surface area contributed by atoms with Crippen molar-refractivity contribution < 1.29 is 10.2 Å². The Kier molecular flexibility index (Phi) is 4.87. The molecule has 22 heavy (non-hydrogen) atoms. The maximum absolute atomic E-state index is 9.69. The fourth-order valence-corrected chi connectivity index (χ4v) is 3.94. The lowest BCUT2D eigenvalue weighted by molar-refractivity contribution is 0.160. The van der Waals surface area contributed by atoms with Gasteiger partial charge in [-0.15, -0.1) is 11.3 Å². The minimum absolute atomic E-state index is 0.165. The van der Waals surface area contributed by atoms with E-state index in [0.29, 0.717) is 12.5 Å². The molecule has 2 atom stereocenters. The van der Waals surface area contributed by atoms with E-state index in [1.807, 2.05) is 12.4 Å². The summed E-state index contributed by atoms with van der Waals surface area (Å²) in [6.07, 6.45) is 1.62. The van der Waals surface area contributed by atoms with E-state index in [1.165, 1.54) is 0 Å². The fourth-order valence-electron chi connectivity index (χ4n) is 3.22. The van der Waals surface area contributed by atoms with E-state index in [1.54, 1.807) is 17.7 Å². The summed E-state index contributed by atoms with van der Waals surface area (Å²) in [6, 6.07) is 2.06. The van der Waals surface area contributed by atoms with Crippen LogP contribution in [-0.2, 0) is 0 Å². The Morgan fingerprint density at radius 2 is 2.14 bits per heavy atom. The van der Waals surface area contributed by atoms with Gasteiger partial charge < -0.3 is 20.0 Å². The summed E-state index contributed by atoms with van der Waals surface area (Å²) in [5, 5.41) is 21.9. The maximum Gasteiger partial charge on any atom is 0.140 e. The zero-order valence-electron chi connectivity index (χ0n) is 12.7. The molecule has 0 radical (unpaired) electrons. The average Bonchev–Trinajstić information content (AvgIpc) is 3.13. The van der Waals surface area contributed by atoms with Gasteiger partial charge in [0.05, 0.1) is 12.0 Å². The first-order valence-corrected chi connectivity index (χ1v) is 8.44. The van der Waals surface area contributed by atoms with Gasteiger partial charge in [-0.1, -0.05) is 0 Å². The number of thiophene rings is 1. The molecule has 2 N–H and O–H groups in total. The molecule has 1 fully saturated rings. The monoisotopic (exact) mass is 322 g/mol. The molecule has 0 amide bonds. The number of anilines is 1. The summed E-state index contributed by atoms with van der Waals surface area (Å²) < 4.78 is 0. The maximum atomic E-state index is 9.69. The standard InChI is InChI=1S/C15H22N4O2S/c1-18(3-4-20)6-11-7-19(8-12(11)9-21)14-13-2-5-22-15(13)17-10-16-14/h2,5,10-12,20-21H,3-4,6-9H2,1H3/t11-,12-/m1/s1. The van der Waals surface area contributed by atoms with Gasteiger partial charge >= 0.3 is 0 Å². The summed E-state index contributed by atoms with van der Waals surface area (Å²) >= 11 is 1.62. The van der Waals surface area contributed by atoms with Gasteiger partial charge in [-0.3, -0.25) is 0 Å². The lowest BCUT2D eigenvalue weighted by Crippen LogP contribution is -2.33. The highest BCUT2D eigenvalue weighted by Gasteiger charge is 2.34. The summed E-state index contributed by atoms with van der Waals surface area (Å²) in [5.74, 6) is 1.59. The van der Waals surface area contributed by atoms with Crippen LogP contribution in [0.5, 0.6) is 0 Å². The second kappa shape index (κ2) is 6.87. The van der Waals surface area contributed by atoms with E-state index in [4.69, 9.17) is 5.11 Å². The van der Waals surface area contributed by atoms with Crippen molar-refractivity contribution >= 4 is 27.4 Å². The molecule has 6 nitrogen and oxygen atoms in total. The second-order valence-electron chi connectivity index (χ2n) is 5.93. The van der Waals surface area contributed by atoms with Crippen LogP contribution in [-0.4, -0.2) is 71.5 Å². The highest BCUT2D eigenvalue weighted by Crippen LogP contribution is 2.32. The highest BCUT2D eigenvalue weighted by molar-refractivity contribution is 7.16. The smallest absolute Gasteiger partial charge is 0.140 e. The zero-order chi connectivity index (χ0) is 15.5. The predicted octanol–water partition coefficient (Wildman–Crippen LogP) is 0.660. The van der Waals surface area contributed by atoms with Gasteiger partial charge in [-0.05, 0) is 24.4 Å². The molecule has 1 saturated heterocycles. The molecule has 120 valence electrons. The molecule has 0 unspecified atom stereocenters. The first-order chi connectivity index (χ1) is 10.7. The van der Waals surface area contributed by atoms with Crippen molar-refractivity contribution in [2.24, 2.45) is 11.8 Å².